The summed E-state index contributed by atoms with van der Waals surface area (Å²) in [6.45, 7) is 0.599. The molecule has 2 aromatic rings. The maximum absolute atomic E-state index is 13.6. The molecule has 0 bridgehead atoms. The van der Waals surface area contributed by atoms with Crippen molar-refractivity contribution < 1.29 is 18.4 Å². The Morgan fingerprint density at radius 1 is 1.08 bits per heavy atom. The smallest absolute Gasteiger partial charge is 0.248 e. The molecule has 4 nitrogen and oxygen atoms in total. The molecular weight excluding hydrogens is 326 g/mol. The molecule has 1 heterocycles. The molecule has 6 heteroatoms. The molecule has 0 aromatic heterocycles. The van der Waals surface area contributed by atoms with E-state index in [1.807, 2.05) is 0 Å². The number of carbonyl (C=O) groups excluding carboxylic acids is 2. The molecule has 128 valence electrons. The zero-order valence-corrected chi connectivity index (χ0v) is 13.3. The van der Waals surface area contributed by atoms with Crippen LogP contribution in [0.5, 0.6) is 0 Å². The Kier molecular flexibility index (Phi) is 4.88. The summed E-state index contributed by atoms with van der Waals surface area (Å²) in [5.74, 6) is -2.02. The zero-order chi connectivity index (χ0) is 17.8. The lowest BCUT2D eigenvalue weighted by Crippen LogP contribution is -2.25. The summed E-state index contributed by atoms with van der Waals surface area (Å²) in [6.07, 6.45) is 3.40. The lowest BCUT2D eigenvalue weighted by molar-refractivity contribution is -0.117. The Bertz CT molecular complexity index is 829. The van der Waals surface area contributed by atoms with Gasteiger partial charge in [-0.15, -0.1) is 0 Å². The largest absolute Gasteiger partial charge is 0.321 e. The average molecular weight is 342 g/mol. The Morgan fingerprint density at radius 2 is 1.80 bits per heavy atom. The summed E-state index contributed by atoms with van der Waals surface area (Å²) in [5.41, 5.74) is 0.811. The highest BCUT2D eigenvalue weighted by molar-refractivity contribution is 6.06. The van der Waals surface area contributed by atoms with Crippen LogP contribution < -0.4 is 10.2 Å². The van der Waals surface area contributed by atoms with Gasteiger partial charge in [-0.2, -0.15) is 0 Å². The molecule has 0 aliphatic carbocycles. The summed E-state index contributed by atoms with van der Waals surface area (Å²) in [6, 6.07) is 10.4. The number of anilines is 2. The number of nitrogens with zero attached hydrogens (tertiary/aromatic N) is 1. The van der Waals surface area contributed by atoms with Crippen LogP contribution in [0.25, 0.3) is 6.08 Å². The van der Waals surface area contributed by atoms with E-state index >= 15 is 0 Å². The Balaban J connectivity index is 1.78. The average Bonchev–Trinajstić information content (AvgIpc) is 3.01. The predicted octanol–water partition coefficient (Wildman–Crippen LogP) is 3.74. The predicted molar refractivity (Wildman–Crippen MR) is 92.1 cm³/mol. The van der Waals surface area contributed by atoms with Gasteiger partial charge in [0.15, 0.2) is 0 Å². The Labute approximate surface area is 143 Å². The van der Waals surface area contributed by atoms with E-state index < -0.39 is 17.5 Å². The fourth-order valence-electron chi connectivity index (χ4n) is 2.72. The van der Waals surface area contributed by atoms with Gasteiger partial charge in [0, 0.05) is 24.6 Å². The second-order valence-corrected chi connectivity index (χ2v) is 5.62. The molecule has 1 saturated heterocycles. The number of amides is 2. The first-order valence-electron chi connectivity index (χ1n) is 7.89. The third-order valence-corrected chi connectivity index (χ3v) is 3.93. The van der Waals surface area contributed by atoms with Crippen LogP contribution in [0, 0.1) is 11.6 Å². The van der Waals surface area contributed by atoms with Gasteiger partial charge in [-0.3, -0.25) is 9.59 Å². The van der Waals surface area contributed by atoms with E-state index in [0.717, 1.165) is 30.7 Å². The SMILES string of the molecule is O=C(C=Cc1c(F)cccc1F)Nc1ccccc1N1CCCC1=O. The standard InChI is InChI=1S/C19H16F2N2O2/c20-14-5-3-6-15(21)13(14)10-11-18(24)22-16-7-1-2-8-17(16)23-12-4-9-19(23)25/h1-3,5-8,10-11H,4,9,12H2,(H,22,24). The highest BCUT2D eigenvalue weighted by Gasteiger charge is 2.23. The van der Waals surface area contributed by atoms with Gasteiger partial charge in [0.1, 0.15) is 11.6 Å². The minimum atomic E-state index is -0.743. The molecular formula is C19H16F2N2O2. The molecule has 1 aliphatic heterocycles. The molecule has 1 aliphatic rings. The van der Waals surface area contributed by atoms with E-state index in [1.165, 1.54) is 6.07 Å². The summed E-state index contributed by atoms with van der Waals surface area (Å²) in [5, 5.41) is 2.65. The number of hydrogen-bond donors (Lipinski definition) is 1. The highest BCUT2D eigenvalue weighted by atomic mass is 19.1. The van der Waals surface area contributed by atoms with Crippen molar-refractivity contribution in [2.45, 2.75) is 12.8 Å². The summed E-state index contributed by atoms with van der Waals surface area (Å²) in [7, 11) is 0. The summed E-state index contributed by atoms with van der Waals surface area (Å²) >= 11 is 0. The molecule has 0 unspecified atom stereocenters. The molecule has 1 N–H and O–H groups in total. The van der Waals surface area contributed by atoms with Gasteiger partial charge >= 0.3 is 0 Å². The maximum Gasteiger partial charge on any atom is 0.248 e. The van der Waals surface area contributed by atoms with E-state index in [0.29, 0.717) is 24.3 Å². The van der Waals surface area contributed by atoms with Gasteiger partial charge in [-0.1, -0.05) is 18.2 Å². The molecule has 3 rings (SSSR count). The van der Waals surface area contributed by atoms with Crippen LogP contribution in [-0.4, -0.2) is 18.4 Å². The molecule has 2 amide bonds. The number of para-hydroxylation sites is 2. The third-order valence-electron chi connectivity index (χ3n) is 3.93. The van der Waals surface area contributed by atoms with E-state index in [2.05, 4.69) is 5.32 Å². The molecule has 1 fully saturated rings. The quantitative estimate of drug-likeness (QED) is 0.861. The Hall–Kier alpha value is -3.02. The van der Waals surface area contributed by atoms with Crippen molar-refractivity contribution in [1.82, 2.24) is 0 Å². The van der Waals surface area contributed by atoms with Crippen LogP contribution in [0.1, 0.15) is 18.4 Å². The second kappa shape index (κ2) is 7.25. The molecule has 0 atom stereocenters. The normalized spacial score (nSPS) is 14.3. The van der Waals surface area contributed by atoms with Crippen molar-refractivity contribution in [2.24, 2.45) is 0 Å². The fraction of sp³-hybridized carbons (Fsp3) is 0.158. The van der Waals surface area contributed by atoms with Crippen molar-refractivity contribution in [3.05, 3.63) is 65.7 Å². The topological polar surface area (TPSA) is 49.4 Å². The van der Waals surface area contributed by atoms with Crippen LogP contribution in [0.2, 0.25) is 0 Å². The summed E-state index contributed by atoms with van der Waals surface area (Å²) < 4.78 is 27.1. The molecule has 2 aromatic carbocycles. The van der Waals surface area contributed by atoms with E-state index in [-0.39, 0.29) is 11.5 Å². The van der Waals surface area contributed by atoms with Crippen molar-refractivity contribution in [1.29, 1.82) is 0 Å². The zero-order valence-electron chi connectivity index (χ0n) is 13.3. The number of nitrogens with one attached hydrogen (secondary N) is 1. The molecule has 25 heavy (non-hydrogen) atoms. The fourth-order valence-corrected chi connectivity index (χ4v) is 2.72. The van der Waals surface area contributed by atoms with Gasteiger partial charge in [0.05, 0.1) is 11.4 Å². The number of benzene rings is 2. The number of halogens is 2. The minimum Gasteiger partial charge on any atom is -0.321 e. The van der Waals surface area contributed by atoms with Crippen LogP contribution in [0.4, 0.5) is 20.2 Å². The maximum atomic E-state index is 13.6. The van der Waals surface area contributed by atoms with Crippen LogP contribution >= 0.6 is 0 Å². The molecule has 0 spiro atoms. The van der Waals surface area contributed by atoms with Gasteiger partial charge in [0.25, 0.3) is 0 Å². The number of carbonyl (C=O) groups is 2. The van der Waals surface area contributed by atoms with Crippen molar-refractivity contribution in [2.75, 3.05) is 16.8 Å². The van der Waals surface area contributed by atoms with Crippen molar-refractivity contribution in [3.8, 4) is 0 Å². The van der Waals surface area contributed by atoms with Crippen molar-refractivity contribution in [3.63, 3.8) is 0 Å². The van der Waals surface area contributed by atoms with Crippen molar-refractivity contribution >= 4 is 29.3 Å². The van der Waals surface area contributed by atoms with Crippen LogP contribution in [0.3, 0.4) is 0 Å². The second-order valence-electron chi connectivity index (χ2n) is 5.62. The van der Waals surface area contributed by atoms with Crippen LogP contribution in [-0.2, 0) is 9.59 Å². The first-order valence-corrected chi connectivity index (χ1v) is 7.89. The van der Waals surface area contributed by atoms with Gasteiger partial charge in [0.2, 0.25) is 11.8 Å². The van der Waals surface area contributed by atoms with E-state index in [9.17, 15) is 18.4 Å². The number of hydrogen-bond acceptors (Lipinski definition) is 2. The van der Waals surface area contributed by atoms with Gasteiger partial charge in [-0.25, -0.2) is 8.78 Å². The first kappa shape index (κ1) is 16.8. The minimum absolute atomic E-state index is 0.00525. The monoisotopic (exact) mass is 342 g/mol. The van der Waals surface area contributed by atoms with E-state index in [1.54, 1.807) is 29.2 Å². The highest BCUT2D eigenvalue weighted by Crippen LogP contribution is 2.29. The van der Waals surface area contributed by atoms with Gasteiger partial charge in [-0.05, 0) is 36.8 Å². The lowest BCUT2D eigenvalue weighted by atomic mass is 10.2. The first-order chi connectivity index (χ1) is 12.1. The third kappa shape index (κ3) is 3.74. The van der Waals surface area contributed by atoms with Crippen LogP contribution in [0.15, 0.2) is 48.5 Å². The summed E-state index contributed by atoms with van der Waals surface area (Å²) in [4.78, 5) is 25.6. The number of rotatable bonds is 4. The molecule has 0 radical (unpaired) electrons. The molecule has 0 saturated carbocycles. The van der Waals surface area contributed by atoms with E-state index in [4.69, 9.17) is 0 Å². The lowest BCUT2D eigenvalue weighted by Gasteiger charge is -2.19. The van der Waals surface area contributed by atoms with Gasteiger partial charge < -0.3 is 10.2 Å². The Morgan fingerprint density at radius 3 is 2.48 bits per heavy atom.